The van der Waals surface area contributed by atoms with Gasteiger partial charge in [-0.05, 0) is 43.8 Å². The molecule has 10 heteroatoms. The van der Waals surface area contributed by atoms with Crippen LogP contribution in [0, 0.1) is 17.8 Å². The maximum absolute atomic E-state index is 13.2. The maximum atomic E-state index is 13.2. The normalized spacial score (nSPS) is 43.2. The van der Waals surface area contributed by atoms with Crippen LogP contribution in [0.1, 0.15) is 33.6 Å². The third-order valence-electron chi connectivity index (χ3n) is 7.02. The van der Waals surface area contributed by atoms with Crippen LogP contribution in [0.4, 0.5) is 0 Å². The molecular weight excluding hydrogens is 444 g/mol. The number of aliphatic hydroxyl groups excluding tert-OH is 3. The van der Waals surface area contributed by atoms with Crippen molar-refractivity contribution in [3.8, 4) is 0 Å². The SMILES string of the molecule is CSC1O[C@H]([C@H](NC(=O)[C@H]2NC[C@@H]3C[C@H](C(C)C)CCO[C@H]32)[C@H](C)Cl)C(O)[C@@H](O)[C@H]1O. The number of amides is 1. The molecule has 0 aromatic heterocycles. The first-order valence-corrected chi connectivity index (χ1v) is 12.9. The monoisotopic (exact) mass is 480 g/mol. The molecule has 3 rings (SSSR count). The Morgan fingerprint density at radius 1 is 1.19 bits per heavy atom. The van der Waals surface area contributed by atoms with E-state index in [2.05, 4.69) is 24.5 Å². The number of alkyl halides is 1. The smallest absolute Gasteiger partial charge is 0.240 e. The second kappa shape index (κ2) is 10.9. The number of nitrogens with one attached hydrogen (secondary N) is 2. The lowest BCUT2D eigenvalue weighted by molar-refractivity contribution is -0.205. The van der Waals surface area contributed by atoms with Crippen molar-refractivity contribution in [2.24, 2.45) is 17.8 Å². The summed E-state index contributed by atoms with van der Waals surface area (Å²) in [6.07, 6.45) is -1.40. The van der Waals surface area contributed by atoms with Gasteiger partial charge in [0.1, 0.15) is 35.9 Å². The summed E-state index contributed by atoms with van der Waals surface area (Å²) in [4.78, 5) is 13.2. The molecule has 5 N–H and O–H groups in total. The van der Waals surface area contributed by atoms with Crippen molar-refractivity contribution in [3.63, 3.8) is 0 Å². The van der Waals surface area contributed by atoms with Crippen molar-refractivity contribution < 1.29 is 29.6 Å². The fourth-order valence-corrected chi connectivity index (χ4v) is 5.91. The highest BCUT2D eigenvalue weighted by Crippen LogP contribution is 2.34. The fraction of sp³-hybridized carbons (Fsp3) is 0.952. The van der Waals surface area contributed by atoms with Gasteiger partial charge in [-0.25, -0.2) is 0 Å². The van der Waals surface area contributed by atoms with E-state index in [1.54, 1.807) is 13.2 Å². The maximum Gasteiger partial charge on any atom is 0.240 e. The zero-order valence-electron chi connectivity index (χ0n) is 18.6. The standard InChI is InChI=1S/C21H37ClN2O6S/c1-9(2)11-5-6-29-18-12(7-11)8-23-14(18)20(28)24-13(10(3)22)19-16(26)15(25)17(27)21(30-19)31-4/h9-19,21,23,25-27H,5-8H2,1-4H3,(H,24,28)/t10-,11+,12-,13+,14-,15+,16?,17+,18+,19+,21?/m0/s1. The van der Waals surface area contributed by atoms with Crippen molar-refractivity contribution >= 4 is 29.3 Å². The van der Waals surface area contributed by atoms with E-state index in [1.165, 1.54) is 11.8 Å². The highest BCUT2D eigenvalue weighted by Gasteiger charge is 2.49. The molecule has 31 heavy (non-hydrogen) atoms. The lowest BCUT2D eigenvalue weighted by Gasteiger charge is -2.44. The van der Waals surface area contributed by atoms with Crippen LogP contribution in [0.3, 0.4) is 0 Å². The van der Waals surface area contributed by atoms with Gasteiger partial charge in [-0.3, -0.25) is 4.79 Å². The van der Waals surface area contributed by atoms with E-state index in [-0.39, 0.29) is 17.9 Å². The molecule has 3 saturated heterocycles. The van der Waals surface area contributed by atoms with E-state index in [1.807, 2.05) is 0 Å². The molecule has 0 aromatic carbocycles. The van der Waals surface area contributed by atoms with Crippen LogP contribution in [0.2, 0.25) is 0 Å². The van der Waals surface area contributed by atoms with Crippen molar-refractivity contribution in [1.82, 2.24) is 10.6 Å². The number of hydrogen-bond acceptors (Lipinski definition) is 8. The Balaban J connectivity index is 1.70. The van der Waals surface area contributed by atoms with Gasteiger partial charge in [-0.2, -0.15) is 0 Å². The summed E-state index contributed by atoms with van der Waals surface area (Å²) in [5.41, 5.74) is -0.731. The Labute approximate surface area is 193 Å². The Morgan fingerprint density at radius 3 is 2.52 bits per heavy atom. The predicted molar refractivity (Wildman–Crippen MR) is 120 cm³/mol. The van der Waals surface area contributed by atoms with Crippen LogP contribution in [-0.4, -0.2) is 94.1 Å². The minimum atomic E-state index is -1.39. The molecule has 0 saturated carbocycles. The minimum Gasteiger partial charge on any atom is -0.388 e. The van der Waals surface area contributed by atoms with Gasteiger partial charge in [0.05, 0.1) is 17.5 Å². The zero-order chi connectivity index (χ0) is 22.9. The van der Waals surface area contributed by atoms with E-state index in [0.717, 1.165) is 19.4 Å². The van der Waals surface area contributed by atoms with Crippen molar-refractivity contribution in [1.29, 1.82) is 0 Å². The average molecular weight is 481 g/mol. The van der Waals surface area contributed by atoms with Gasteiger partial charge in [0.2, 0.25) is 5.91 Å². The number of rotatable bonds is 6. The third kappa shape index (κ3) is 5.51. The largest absolute Gasteiger partial charge is 0.388 e. The van der Waals surface area contributed by atoms with Crippen LogP contribution >= 0.6 is 23.4 Å². The van der Waals surface area contributed by atoms with E-state index in [0.29, 0.717) is 18.4 Å². The molecule has 3 aliphatic rings. The van der Waals surface area contributed by atoms with Gasteiger partial charge >= 0.3 is 0 Å². The summed E-state index contributed by atoms with van der Waals surface area (Å²) in [5, 5.41) is 36.6. The first-order valence-electron chi connectivity index (χ1n) is 11.2. The van der Waals surface area contributed by atoms with Crippen molar-refractivity contribution in [3.05, 3.63) is 0 Å². The van der Waals surface area contributed by atoms with E-state index < -0.39 is 47.3 Å². The molecule has 11 atom stereocenters. The molecule has 0 bridgehead atoms. The summed E-state index contributed by atoms with van der Waals surface area (Å²) >= 11 is 7.60. The lowest BCUT2D eigenvalue weighted by atomic mass is 9.83. The number of aliphatic hydroxyl groups is 3. The van der Waals surface area contributed by atoms with Gasteiger partial charge < -0.3 is 35.4 Å². The molecule has 0 spiro atoms. The quantitative estimate of drug-likeness (QED) is 0.344. The van der Waals surface area contributed by atoms with Crippen molar-refractivity contribution in [2.45, 2.75) is 87.0 Å². The summed E-state index contributed by atoms with van der Waals surface area (Å²) in [6.45, 7) is 7.51. The number of carbonyl (C=O) groups excluding carboxylic acids is 1. The first kappa shape index (κ1) is 25.5. The Kier molecular flexibility index (Phi) is 8.93. The zero-order valence-corrected chi connectivity index (χ0v) is 20.2. The molecule has 0 aromatic rings. The molecule has 3 heterocycles. The number of fused-ring (bicyclic) bond motifs is 1. The number of ether oxygens (including phenoxy) is 2. The molecule has 8 nitrogen and oxygen atoms in total. The first-order chi connectivity index (χ1) is 14.6. The molecule has 3 fully saturated rings. The molecule has 2 unspecified atom stereocenters. The van der Waals surface area contributed by atoms with E-state index >= 15 is 0 Å². The van der Waals surface area contributed by atoms with E-state index in [4.69, 9.17) is 21.1 Å². The number of halogens is 1. The third-order valence-corrected chi connectivity index (χ3v) is 8.15. The van der Waals surface area contributed by atoms with Crippen molar-refractivity contribution in [2.75, 3.05) is 19.4 Å². The van der Waals surface area contributed by atoms with Crippen LogP contribution in [-0.2, 0) is 14.3 Å². The highest BCUT2D eigenvalue weighted by molar-refractivity contribution is 7.99. The topological polar surface area (TPSA) is 120 Å². The second-order valence-corrected chi connectivity index (χ2v) is 11.0. The Bertz CT molecular complexity index is 612. The number of hydrogen-bond donors (Lipinski definition) is 5. The van der Waals surface area contributed by atoms with Crippen LogP contribution < -0.4 is 10.6 Å². The number of thioether (sulfide) groups is 1. The average Bonchev–Trinajstić information content (AvgIpc) is 3.00. The van der Waals surface area contributed by atoms with Crippen LogP contribution in [0.15, 0.2) is 0 Å². The molecule has 0 aliphatic carbocycles. The van der Waals surface area contributed by atoms with Gasteiger partial charge in [-0.15, -0.1) is 23.4 Å². The van der Waals surface area contributed by atoms with Crippen LogP contribution in [0.25, 0.3) is 0 Å². The van der Waals surface area contributed by atoms with E-state index in [9.17, 15) is 20.1 Å². The van der Waals surface area contributed by atoms with Gasteiger partial charge in [0.15, 0.2) is 0 Å². The summed E-state index contributed by atoms with van der Waals surface area (Å²) in [5.74, 6) is 1.17. The summed E-state index contributed by atoms with van der Waals surface area (Å²) in [7, 11) is 0. The fourth-order valence-electron chi connectivity index (χ4n) is 5.02. The number of carbonyl (C=O) groups is 1. The molecular formula is C21H37ClN2O6S. The predicted octanol–water partition coefficient (Wildman–Crippen LogP) is 0.308. The minimum absolute atomic E-state index is 0.210. The Morgan fingerprint density at radius 2 is 1.90 bits per heavy atom. The lowest BCUT2D eigenvalue weighted by Crippen LogP contribution is -2.65. The molecule has 0 radical (unpaired) electrons. The second-order valence-electron chi connectivity index (χ2n) is 9.40. The van der Waals surface area contributed by atoms with Crippen LogP contribution in [0.5, 0.6) is 0 Å². The van der Waals surface area contributed by atoms with Gasteiger partial charge in [0, 0.05) is 13.2 Å². The molecule has 180 valence electrons. The molecule has 1 amide bonds. The summed E-state index contributed by atoms with van der Waals surface area (Å²) < 4.78 is 11.9. The van der Waals surface area contributed by atoms with Gasteiger partial charge in [0.25, 0.3) is 0 Å². The Hall–Kier alpha value is -0.130. The highest BCUT2D eigenvalue weighted by atomic mass is 35.5. The van der Waals surface area contributed by atoms with Gasteiger partial charge in [-0.1, -0.05) is 13.8 Å². The summed E-state index contributed by atoms with van der Waals surface area (Å²) in [6, 6.07) is -1.27. The molecule has 3 aliphatic heterocycles.